The summed E-state index contributed by atoms with van der Waals surface area (Å²) >= 11 is 0. The lowest BCUT2D eigenvalue weighted by atomic mass is 10.0. The number of rotatable bonds is 2. The Hall–Kier alpha value is -4.12. The molecule has 0 aliphatic carbocycles. The van der Waals surface area contributed by atoms with E-state index in [1.807, 2.05) is 13.0 Å². The van der Waals surface area contributed by atoms with Crippen LogP contribution in [0, 0.1) is 18.8 Å². The second kappa shape index (κ2) is 7.95. The molecule has 154 valence electrons. The minimum absolute atomic E-state index is 0.0625. The highest BCUT2D eigenvalue weighted by Gasteiger charge is 2.30. The van der Waals surface area contributed by atoms with Crippen LogP contribution in [0.5, 0.6) is 0 Å². The average Bonchev–Trinajstić information content (AvgIpc) is 3.20. The van der Waals surface area contributed by atoms with Gasteiger partial charge < -0.3 is 5.32 Å². The van der Waals surface area contributed by atoms with E-state index in [4.69, 9.17) is 0 Å². The highest BCUT2D eigenvalue weighted by molar-refractivity contribution is 6.04. The van der Waals surface area contributed by atoms with Gasteiger partial charge in [-0.05, 0) is 48.9 Å². The Balaban J connectivity index is 1.57. The van der Waals surface area contributed by atoms with Crippen molar-refractivity contribution in [2.24, 2.45) is 0 Å². The number of benzene rings is 2. The zero-order valence-electron chi connectivity index (χ0n) is 16.2. The van der Waals surface area contributed by atoms with Crippen molar-refractivity contribution < 1.29 is 18.0 Å². The van der Waals surface area contributed by atoms with Gasteiger partial charge in [-0.3, -0.25) is 9.89 Å². The van der Waals surface area contributed by atoms with Gasteiger partial charge in [0.05, 0.1) is 11.8 Å². The zero-order chi connectivity index (χ0) is 22.0. The number of aromatic amines is 1. The summed E-state index contributed by atoms with van der Waals surface area (Å²) in [6, 6.07) is 11.3. The molecule has 5 nitrogen and oxygen atoms in total. The first kappa shape index (κ1) is 20.2. The molecule has 0 fully saturated rings. The summed E-state index contributed by atoms with van der Waals surface area (Å²) in [5.74, 6) is 5.51. The van der Waals surface area contributed by atoms with Gasteiger partial charge in [-0.15, -0.1) is 0 Å². The predicted molar refractivity (Wildman–Crippen MR) is 110 cm³/mol. The van der Waals surface area contributed by atoms with Gasteiger partial charge in [-0.1, -0.05) is 24.0 Å². The minimum Gasteiger partial charge on any atom is -0.322 e. The molecule has 2 aromatic carbocycles. The molecule has 0 bridgehead atoms. The van der Waals surface area contributed by atoms with E-state index in [9.17, 15) is 18.0 Å². The van der Waals surface area contributed by atoms with Gasteiger partial charge >= 0.3 is 6.18 Å². The van der Waals surface area contributed by atoms with Crippen LogP contribution in [-0.2, 0) is 6.18 Å². The van der Waals surface area contributed by atoms with Gasteiger partial charge in [-0.25, -0.2) is 4.98 Å². The first-order valence-corrected chi connectivity index (χ1v) is 9.20. The SMILES string of the molecule is Cc1ccc(C(=O)Nc2cccc(C(F)(F)F)c2)cc1C#Cc1cnc2[nH]ncc2c1. The van der Waals surface area contributed by atoms with Crippen molar-refractivity contribution in [3.05, 3.63) is 88.7 Å². The fourth-order valence-corrected chi connectivity index (χ4v) is 2.92. The summed E-state index contributed by atoms with van der Waals surface area (Å²) in [4.78, 5) is 16.8. The van der Waals surface area contributed by atoms with Crippen LogP contribution < -0.4 is 5.32 Å². The molecule has 0 saturated carbocycles. The number of H-pyrrole nitrogens is 1. The molecular formula is C23H15F3N4O. The third-order valence-corrected chi connectivity index (χ3v) is 4.58. The maximum Gasteiger partial charge on any atom is 0.416 e. The number of anilines is 1. The number of aromatic nitrogens is 3. The maximum absolute atomic E-state index is 12.9. The average molecular weight is 420 g/mol. The van der Waals surface area contributed by atoms with E-state index in [2.05, 4.69) is 32.3 Å². The normalized spacial score (nSPS) is 11.1. The number of carbonyl (C=O) groups excluding carboxylic acids is 1. The fraction of sp³-hybridized carbons (Fsp3) is 0.0870. The lowest BCUT2D eigenvalue weighted by Crippen LogP contribution is -2.13. The van der Waals surface area contributed by atoms with E-state index in [0.717, 1.165) is 23.1 Å². The number of fused-ring (bicyclic) bond motifs is 1. The lowest BCUT2D eigenvalue weighted by Gasteiger charge is -2.10. The summed E-state index contributed by atoms with van der Waals surface area (Å²) in [6.07, 6.45) is -1.22. The first-order chi connectivity index (χ1) is 14.8. The van der Waals surface area contributed by atoms with Crippen LogP contribution in [0.15, 0.2) is 60.9 Å². The van der Waals surface area contributed by atoms with E-state index in [-0.39, 0.29) is 11.3 Å². The van der Waals surface area contributed by atoms with E-state index in [1.165, 1.54) is 12.1 Å². The Morgan fingerprint density at radius 1 is 1.06 bits per heavy atom. The van der Waals surface area contributed by atoms with Crippen LogP contribution in [0.2, 0.25) is 0 Å². The molecule has 0 saturated heterocycles. The van der Waals surface area contributed by atoms with Gasteiger partial charge in [0.25, 0.3) is 5.91 Å². The summed E-state index contributed by atoms with van der Waals surface area (Å²) in [5.41, 5.74) is 2.36. The molecule has 2 aromatic heterocycles. The molecule has 4 rings (SSSR count). The molecule has 0 spiro atoms. The third-order valence-electron chi connectivity index (χ3n) is 4.58. The Bertz CT molecular complexity index is 1350. The van der Waals surface area contributed by atoms with Crippen LogP contribution in [-0.4, -0.2) is 21.1 Å². The number of nitrogens with zero attached hydrogens (tertiary/aromatic N) is 2. The number of halogens is 3. The number of pyridine rings is 1. The molecule has 8 heteroatoms. The predicted octanol–water partition coefficient (Wildman–Crippen LogP) is 4.94. The molecule has 0 unspecified atom stereocenters. The third kappa shape index (κ3) is 4.56. The number of carbonyl (C=O) groups is 1. The lowest BCUT2D eigenvalue weighted by molar-refractivity contribution is -0.137. The first-order valence-electron chi connectivity index (χ1n) is 9.20. The van der Waals surface area contributed by atoms with Crippen molar-refractivity contribution in [3.63, 3.8) is 0 Å². The molecule has 2 N–H and O–H groups in total. The minimum atomic E-state index is -4.48. The Kier molecular flexibility index (Phi) is 5.17. The van der Waals surface area contributed by atoms with Crippen LogP contribution in [0.4, 0.5) is 18.9 Å². The number of hydrogen-bond acceptors (Lipinski definition) is 3. The van der Waals surface area contributed by atoms with Gasteiger partial charge in [0.1, 0.15) is 0 Å². The van der Waals surface area contributed by atoms with Gasteiger partial charge in [0.2, 0.25) is 0 Å². The number of alkyl halides is 3. The highest BCUT2D eigenvalue weighted by atomic mass is 19.4. The van der Waals surface area contributed by atoms with Crippen molar-refractivity contribution in [2.75, 3.05) is 5.32 Å². The number of aryl methyl sites for hydroxylation is 1. The van der Waals surface area contributed by atoms with Crippen molar-refractivity contribution in [1.29, 1.82) is 0 Å². The quantitative estimate of drug-likeness (QED) is 0.452. The van der Waals surface area contributed by atoms with E-state index in [1.54, 1.807) is 30.6 Å². The second-order valence-corrected chi connectivity index (χ2v) is 6.84. The smallest absolute Gasteiger partial charge is 0.322 e. The monoisotopic (exact) mass is 420 g/mol. The molecule has 0 radical (unpaired) electrons. The summed E-state index contributed by atoms with van der Waals surface area (Å²) in [5, 5.41) is 10.0. The van der Waals surface area contributed by atoms with Crippen molar-refractivity contribution in [3.8, 4) is 11.8 Å². The van der Waals surface area contributed by atoms with Crippen LogP contribution in [0.3, 0.4) is 0 Å². The Morgan fingerprint density at radius 3 is 2.71 bits per heavy atom. The summed E-state index contributed by atoms with van der Waals surface area (Å²) in [6.45, 7) is 1.86. The zero-order valence-corrected chi connectivity index (χ0v) is 16.2. The van der Waals surface area contributed by atoms with Crippen molar-refractivity contribution in [1.82, 2.24) is 15.2 Å². The van der Waals surface area contributed by atoms with E-state index < -0.39 is 17.6 Å². The van der Waals surface area contributed by atoms with Crippen molar-refractivity contribution in [2.45, 2.75) is 13.1 Å². The topological polar surface area (TPSA) is 70.7 Å². The highest BCUT2D eigenvalue weighted by Crippen LogP contribution is 2.30. The second-order valence-electron chi connectivity index (χ2n) is 6.84. The van der Waals surface area contributed by atoms with Crippen LogP contribution in [0.25, 0.3) is 11.0 Å². The van der Waals surface area contributed by atoms with E-state index >= 15 is 0 Å². The number of amides is 1. The molecule has 0 aliphatic heterocycles. The largest absolute Gasteiger partial charge is 0.416 e. The molecule has 31 heavy (non-hydrogen) atoms. The van der Waals surface area contributed by atoms with Gasteiger partial charge in [-0.2, -0.15) is 18.3 Å². The Labute approximate surface area is 175 Å². The molecule has 4 aromatic rings. The van der Waals surface area contributed by atoms with E-state index in [0.29, 0.717) is 16.8 Å². The molecule has 0 atom stereocenters. The van der Waals surface area contributed by atoms with Crippen LogP contribution in [0.1, 0.15) is 32.6 Å². The van der Waals surface area contributed by atoms with Gasteiger partial charge in [0.15, 0.2) is 5.65 Å². The van der Waals surface area contributed by atoms with Gasteiger partial charge in [0, 0.05) is 34.0 Å². The number of nitrogens with one attached hydrogen (secondary N) is 2. The summed E-state index contributed by atoms with van der Waals surface area (Å²) < 4.78 is 38.6. The molecule has 1 amide bonds. The molecule has 0 aliphatic rings. The Morgan fingerprint density at radius 2 is 1.90 bits per heavy atom. The fourth-order valence-electron chi connectivity index (χ4n) is 2.92. The molecular weight excluding hydrogens is 405 g/mol. The van der Waals surface area contributed by atoms with Crippen molar-refractivity contribution >= 4 is 22.6 Å². The maximum atomic E-state index is 12.9. The van der Waals surface area contributed by atoms with Crippen LogP contribution >= 0.6 is 0 Å². The number of hydrogen-bond donors (Lipinski definition) is 2. The standard InChI is InChI=1S/C23H15F3N4O/c1-14-5-7-17(22(31)29-20-4-2-3-19(11-20)23(24,25)26)10-16(14)8-6-15-9-18-13-28-30-21(18)27-12-15/h2-5,7,9-13H,1H3,(H,29,31)(H,27,28,30). The summed E-state index contributed by atoms with van der Waals surface area (Å²) in [7, 11) is 0. The molecule has 2 heterocycles.